The van der Waals surface area contributed by atoms with E-state index in [1.807, 2.05) is 20.9 Å². The summed E-state index contributed by atoms with van der Waals surface area (Å²) in [6.45, 7) is 4.44. The standard InChI is InChI=1S/C13H18N4O3S/c1-9(2)14-11(18)7-16(3)8-17-13(21)20-12(15-17)10-5-4-6-19-10/h4-6,9H,7-8H2,1-3H3,(H,14,18). The first-order valence-electron chi connectivity index (χ1n) is 6.55. The number of carbonyl (C=O) groups is 1. The van der Waals surface area contributed by atoms with Gasteiger partial charge in [0.05, 0.1) is 19.5 Å². The second kappa shape index (κ2) is 6.68. The molecule has 0 bridgehead atoms. The molecule has 1 amide bonds. The molecule has 114 valence electrons. The minimum atomic E-state index is -0.0474. The average Bonchev–Trinajstić information content (AvgIpc) is 2.98. The Kier molecular flexibility index (Phi) is 4.92. The number of nitrogens with zero attached hydrogens (tertiary/aromatic N) is 3. The fraction of sp³-hybridized carbons (Fsp3) is 0.462. The minimum Gasteiger partial charge on any atom is -0.459 e. The van der Waals surface area contributed by atoms with Crippen LogP contribution in [0, 0.1) is 4.84 Å². The quantitative estimate of drug-likeness (QED) is 0.821. The SMILES string of the molecule is CC(C)NC(=O)CN(C)Cn1nc(-c2ccco2)oc1=S. The zero-order valence-electron chi connectivity index (χ0n) is 12.2. The molecule has 0 saturated heterocycles. The summed E-state index contributed by atoms with van der Waals surface area (Å²) >= 11 is 5.11. The molecule has 0 saturated carbocycles. The van der Waals surface area contributed by atoms with Crippen LogP contribution in [0.1, 0.15) is 13.8 Å². The van der Waals surface area contributed by atoms with Gasteiger partial charge in [-0.05, 0) is 45.2 Å². The molecule has 1 N–H and O–H groups in total. The minimum absolute atomic E-state index is 0.0474. The van der Waals surface area contributed by atoms with Crippen LogP contribution in [0.25, 0.3) is 11.7 Å². The molecule has 7 nitrogen and oxygen atoms in total. The van der Waals surface area contributed by atoms with Gasteiger partial charge >= 0.3 is 0 Å². The summed E-state index contributed by atoms with van der Waals surface area (Å²) in [5.74, 6) is 0.791. The van der Waals surface area contributed by atoms with Crippen molar-refractivity contribution in [2.45, 2.75) is 26.6 Å². The Balaban J connectivity index is 2.00. The molecule has 8 heteroatoms. The van der Waals surface area contributed by atoms with Crippen molar-refractivity contribution >= 4 is 18.1 Å². The average molecular weight is 310 g/mol. The monoisotopic (exact) mass is 310 g/mol. The summed E-state index contributed by atoms with van der Waals surface area (Å²) < 4.78 is 12.1. The van der Waals surface area contributed by atoms with E-state index >= 15 is 0 Å². The van der Waals surface area contributed by atoms with Crippen molar-refractivity contribution in [3.63, 3.8) is 0 Å². The van der Waals surface area contributed by atoms with Gasteiger partial charge in [0.2, 0.25) is 5.91 Å². The van der Waals surface area contributed by atoms with Crippen LogP contribution in [-0.2, 0) is 11.5 Å². The Morgan fingerprint density at radius 1 is 1.57 bits per heavy atom. The highest BCUT2D eigenvalue weighted by atomic mass is 32.1. The van der Waals surface area contributed by atoms with Gasteiger partial charge in [0.25, 0.3) is 10.7 Å². The zero-order valence-corrected chi connectivity index (χ0v) is 13.0. The summed E-state index contributed by atoms with van der Waals surface area (Å²) in [5.41, 5.74) is 0. The number of hydrogen-bond donors (Lipinski definition) is 1. The molecule has 2 heterocycles. The molecule has 2 rings (SSSR count). The first-order chi connectivity index (χ1) is 9.95. The number of amides is 1. The van der Waals surface area contributed by atoms with Gasteiger partial charge in [-0.1, -0.05) is 0 Å². The maximum Gasteiger partial charge on any atom is 0.288 e. The van der Waals surface area contributed by atoms with Gasteiger partial charge in [-0.3, -0.25) is 9.69 Å². The van der Waals surface area contributed by atoms with E-state index in [1.54, 1.807) is 17.0 Å². The highest BCUT2D eigenvalue weighted by Gasteiger charge is 2.13. The molecule has 0 unspecified atom stereocenters. The lowest BCUT2D eigenvalue weighted by Gasteiger charge is -2.16. The van der Waals surface area contributed by atoms with Crippen LogP contribution in [0.4, 0.5) is 0 Å². The molecule has 0 fully saturated rings. The van der Waals surface area contributed by atoms with Crippen molar-refractivity contribution in [1.29, 1.82) is 0 Å². The number of furan rings is 1. The third kappa shape index (κ3) is 4.27. The van der Waals surface area contributed by atoms with Crippen molar-refractivity contribution in [2.24, 2.45) is 0 Å². The van der Waals surface area contributed by atoms with Crippen molar-refractivity contribution in [3.05, 3.63) is 23.2 Å². The summed E-state index contributed by atoms with van der Waals surface area (Å²) in [5, 5.41) is 7.07. The number of likely N-dealkylation sites (N-methyl/N-ethyl adjacent to an activating group) is 1. The van der Waals surface area contributed by atoms with Crippen LogP contribution < -0.4 is 5.32 Å². The molecule has 0 atom stereocenters. The van der Waals surface area contributed by atoms with Gasteiger partial charge in [0, 0.05) is 6.04 Å². The summed E-state index contributed by atoms with van der Waals surface area (Å²) in [6, 6.07) is 3.60. The summed E-state index contributed by atoms with van der Waals surface area (Å²) in [6.07, 6.45) is 1.54. The lowest BCUT2D eigenvalue weighted by atomic mass is 10.4. The van der Waals surface area contributed by atoms with Crippen LogP contribution in [0.3, 0.4) is 0 Å². The van der Waals surface area contributed by atoms with E-state index in [0.29, 0.717) is 18.3 Å². The van der Waals surface area contributed by atoms with E-state index in [0.717, 1.165) is 0 Å². The van der Waals surface area contributed by atoms with Gasteiger partial charge in [0.15, 0.2) is 5.76 Å². The normalized spacial score (nSPS) is 11.3. The van der Waals surface area contributed by atoms with E-state index in [1.165, 1.54) is 10.9 Å². The number of nitrogens with one attached hydrogen (secondary N) is 1. The van der Waals surface area contributed by atoms with Gasteiger partial charge in [0.1, 0.15) is 0 Å². The Morgan fingerprint density at radius 3 is 2.95 bits per heavy atom. The van der Waals surface area contributed by atoms with Crippen LogP contribution in [0.15, 0.2) is 27.2 Å². The predicted molar refractivity (Wildman–Crippen MR) is 78.9 cm³/mol. The molecular formula is C13H18N4O3S. The molecule has 2 aromatic heterocycles. The molecule has 0 spiro atoms. The topological polar surface area (TPSA) is 76.4 Å². The molecule has 21 heavy (non-hydrogen) atoms. The Hall–Kier alpha value is -1.93. The first-order valence-corrected chi connectivity index (χ1v) is 6.96. The fourth-order valence-electron chi connectivity index (χ4n) is 1.79. The molecule has 0 aromatic carbocycles. The molecule has 0 aliphatic carbocycles. The second-order valence-electron chi connectivity index (χ2n) is 5.03. The third-order valence-electron chi connectivity index (χ3n) is 2.58. The molecule has 0 radical (unpaired) electrons. The van der Waals surface area contributed by atoms with Gasteiger partial charge < -0.3 is 14.2 Å². The second-order valence-corrected chi connectivity index (χ2v) is 5.38. The van der Waals surface area contributed by atoms with Gasteiger partial charge in [-0.25, -0.2) is 4.68 Å². The smallest absolute Gasteiger partial charge is 0.288 e. The van der Waals surface area contributed by atoms with Crippen molar-refractivity contribution in [2.75, 3.05) is 13.6 Å². The van der Waals surface area contributed by atoms with Crippen molar-refractivity contribution in [3.8, 4) is 11.7 Å². The molecular weight excluding hydrogens is 292 g/mol. The number of aromatic nitrogens is 2. The van der Waals surface area contributed by atoms with Crippen LogP contribution in [-0.4, -0.2) is 40.2 Å². The molecule has 0 aliphatic rings. The van der Waals surface area contributed by atoms with Crippen LogP contribution >= 0.6 is 12.2 Å². The van der Waals surface area contributed by atoms with Gasteiger partial charge in [-0.2, -0.15) is 0 Å². The van der Waals surface area contributed by atoms with Gasteiger partial charge in [-0.15, -0.1) is 5.10 Å². The zero-order chi connectivity index (χ0) is 15.4. The highest BCUT2D eigenvalue weighted by Crippen LogP contribution is 2.17. The van der Waals surface area contributed by atoms with E-state index < -0.39 is 0 Å². The number of carbonyl (C=O) groups excluding carboxylic acids is 1. The Morgan fingerprint density at radius 2 is 2.33 bits per heavy atom. The summed E-state index contributed by atoms with van der Waals surface area (Å²) in [7, 11) is 1.81. The maximum atomic E-state index is 11.7. The highest BCUT2D eigenvalue weighted by molar-refractivity contribution is 7.71. The molecule has 2 aromatic rings. The first kappa shape index (κ1) is 15.5. The van der Waals surface area contributed by atoms with Crippen LogP contribution in [0.2, 0.25) is 0 Å². The largest absolute Gasteiger partial charge is 0.459 e. The predicted octanol–water partition coefficient (Wildman–Crippen LogP) is 1.88. The lowest BCUT2D eigenvalue weighted by Crippen LogP contribution is -2.39. The van der Waals surface area contributed by atoms with Crippen LogP contribution in [0.5, 0.6) is 0 Å². The fourth-order valence-corrected chi connectivity index (χ4v) is 1.96. The van der Waals surface area contributed by atoms with Crippen molar-refractivity contribution in [1.82, 2.24) is 20.0 Å². The Labute approximate surface area is 127 Å². The lowest BCUT2D eigenvalue weighted by molar-refractivity contribution is -0.122. The van der Waals surface area contributed by atoms with E-state index in [9.17, 15) is 4.79 Å². The Bertz CT molecular complexity index is 645. The number of hydrogen-bond acceptors (Lipinski definition) is 6. The maximum absolute atomic E-state index is 11.7. The van der Waals surface area contributed by atoms with E-state index in [2.05, 4.69) is 10.4 Å². The van der Waals surface area contributed by atoms with E-state index in [-0.39, 0.29) is 23.3 Å². The third-order valence-corrected chi connectivity index (χ3v) is 2.87. The van der Waals surface area contributed by atoms with Crippen molar-refractivity contribution < 1.29 is 13.6 Å². The number of rotatable bonds is 6. The van der Waals surface area contributed by atoms with E-state index in [4.69, 9.17) is 21.1 Å². The molecule has 0 aliphatic heterocycles. The summed E-state index contributed by atoms with van der Waals surface area (Å²) in [4.78, 5) is 13.7.